The lowest BCUT2D eigenvalue weighted by Gasteiger charge is -2.37. The van der Waals surface area contributed by atoms with Crippen molar-refractivity contribution in [2.45, 2.75) is 24.5 Å². The van der Waals surface area contributed by atoms with Gasteiger partial charge in [0.1, 0.15) is 11.6 Å². The summed E-state index contributed by atoms with van der Waals surface area (Å²) in [7, 11) is 0. The lowest BCUT2D eigenvalue weighted by Crippen LogP contribution is -2.44. The number of rotatable bonds is 12. The van der Waals surface area contributed by atoms with Crippen molar-refractivity contribution in [2.24, 2.45) is 0 Å². The molecule has 1 aromatic heterocycles. The number of aromatic nitrogens is 2. The van der Waals surface area contributed by atoms with Crippen LogP contribution in [0, 0.1) is 0 Å². The Hall–Kier alpha value is -5.30. The van der Waals surface area contributed by atoms with E-state index in [2.05, 4.69) is 41.4 Å². The standard InChI is InChI=1S/C34H29N3O4/c38-25-36(22-26-13-5-1-6-14-26)31(32(39)33(40)41)21-30-23-37(24-35-30)34(27-15-7-2-8-16-27,28-17-9-3-10-18-28)29-19-11-4-12-20-29/h1-20,23-25,31H,21-22H2,(H,40,41). The van der Waals surface area contributed by atoms with E-state index < -0.39 is 23.3 Å². The Balaban J connectivity index is 1.61. The van der Waals surface area contributed by atoms with Crippen molar-refractivity contribution in [3.8, 4) is 0 Å². The summed E-state index contributed by atoms with van der Waals surface area (Å²) in [6, 6.07) is 38.1. The molecule has 0 fully saturated rings. The van der Waals surface area contributed by atoms with Crippen LogP contribution in [0.5, 0.6) is 0 Å². The zero-order valence-electron chi connectivity index (χ0n) is 22.3. The monoisotopic (exact) mass is 543 g/mol. The number of carboxylic acid groups (broad SMARTS) is 1. The topological polar surface area (TPSA) is 92.5 Å². The van der Waals surface area contributed by atoms with Gasteiger partial charge in [-0.2, -0.15) is 0 Å². The third-order valence-electron chi connectivity index (χ3n) is 7.26. The van der Waals surface area contributed by atoms with Gasteiger partial charge in [-0.15, -0.1) is 0 Å². The molecule has 0 aliphatic carbocycles. The largest absolute Gasteiger partial charge is 0.475 e. The molecule has 0 aliphatic heterocycles. The molecule has 1 heterocycles. The summed E-state index contributed by atoms with van der Waals surface area (Å²) in [5.41, 5.74) is 3.45. The van der Waals surface area contributed by atoms with Crippen LogP contribution < -0.4 is 0 Å². The molecule has 0 spiro atoms. The number of hydrogen-bond acceptors (Lipinski definition) is 4. The number of ketones is 1. The van der Waals surface area contributed by atoms with E-state index in [4.69, 9.17) is 0 Å². The summed E-state index contributed by atoms with van der Waals surface area (Å²) in [6.45, 7) is 0.0940. The summed E-state index contributed by atoms with van der Waals surface area (Å²) >= 11 is 0. The molecule has 4 aromatic carbocycles. The number of imidazole rings is 1. The van der Waals surface area contributed by atoms with Gasteiger partial charge in [0.25, 0.3) is 5.78 Å². The van der Waals surface area contributed by atoms with Crippen LogP contribution in [0.15, 0.2) is 134 Å². The number of amides is 1. The third-order valence-corrected chi connectivity index (χ3v) is 7.26. The van der Waals surface area contributed by atoms with E-state index in [-0.39, 0.29) is 13.0 Å². The maximum Gasteiger partial charge on any atom is 0.374 e. The van der Waals surface area contributed by atoms with Crippen molar-refractivity contribution in [1.82, 2.24) is 14.5 Å². The number of Topliss-reactive ketones (excluding diaryl/α,β-unsaturated/α-hetero) is 1. The highest BCUT2D eigenvalue weighted by atomic mass is 16.4. The van der Waals surface area contributed by atoms with Crippen molar-refractivity contribution < 1.29 is 19.5 Å². The first kappa shape index (κ1) is 27.3. The summed E-state index contributed by atoms with van der Waals surface area (Å²) in [5, 5.41) is 9.60. The minimum absolute atomic E-state index is 0.0574. The molecule has 41 heavy (non-hydrogen) atoms. The Morgan fingerprint density at radius 2 is 1.24 bits per heavy atom. The smallest absolute Gasteiger partial charge is 0.374 e. The van der Waals surface area contributed by atoms with Crippen LogP contribution in [-0.4, -0.2) is 43.8 Å². The van der Waals surface area contributed by atoms with Crippen LogP contribution in [0.3, 0.4) is 0 Å². The van der Waals surface area contributed by atoms with Crippen molar-refractivity contribution >= 4 is 18.2 Å². The fraction of sp³-hybridized carbons (Fsp3) is 0.118. The molecule has 0 radical (unpaired) electrons. The molecule has 7 nitrogen and oxygen atoms in total. The predicted octanol–water partition coefficient (Wildman–Crippen LogP) is 4.95. The Labute approximate surface area is 238 Å². The molecule has 204 valence electrons. The van der Waals surface area contributed by atoms with Gasteiger partial charge in [-0.3, -0.25) is 9.59 Å². The molecule has 1 atom stereocenters. The average molecular weight is 544 g/mol. The van der Waals surface area contributed by atoms with Gasteiger partial charge in [-0.05, 0) is 22.3 Å². The van der Waals surface area contributed by atoms with Gasteiger partial charge < -0.3 is 14.6 Å². The van der Waals surface area contributed by atoms with E-state index in [9.17, 15) is 19.5 Å². The van der Waals surface area contributed by atoms with Gasteiger partial charge in [0, 0.05) is 19.2 Å². The number of carboxylic acids is 1. The van der Waals surface area contributed by atoms with Crippen LogP contribution in [0.2, 0.25) is 0 Å². The second-order valence-corrected chi connectivity index (χ2v) is 9.73. The molecule has 5 rings (SSSR count). The Morgan fingerprint density at radius 1 is 0.780 bits per heavy atom. The SMILES string of the molecule is O=CN(Cc1ccccc1)C(Cc1cn(C(c2ccccc2)(c2ccccc2)c2ccccc2)cn1)C(=O)C(=O)O. The minimum atomic E-state index is -1.60. The predicted molar refractivity (Wildman–Crippen MR) is 155 cm³/mol. The highest BCUT2D eigenvalue weighted by Gasteiger charge is 2.39. The molecule has 0 saturated heterocycles. The van der Waals surface area contributed by atoms with E-state index >= 15 is 0 Å². The molecule has 1 amide bonds. The lowest BCUT2D eigenvalue weighted by molar-refractivity contribution is -0.152. The minimum Gasteiger partial charge on any atom is -0.475 e. The highest BCUT2D eigenvalue weighted by molar-refractivity contribution is 6.35. The van der Waals surface area contributed by atoms with Gasteiger partial charge in [0.05, 0.1) is 12.0 Å². The fourth-order valence-electron chi connectivity index (χ4n) is 5.35. The van der Waals surface area contributed by atoms with E-state index in [0.717, 1.165) is 22.3 Å². The zero-order chi connectivity index (χ0) is 28.7. The van der Waals surface area contributed by atoms with Crippen LogP contribution >= 0.6 is 0 Å². The number of aliphatic carboxylic acids is 1. The number of carbonyl (C=O) groups excluding carboxylic acids is 2. The quantitative estimate of drug-likeness (QED) is 0.137. The molecular weight excluding hydrogens is 514 g/mol. The van der Waals surface area contributed by atoms with Gasteiger partial charge in [0.2, 0.25) is 6.41 Å². The third kappa shape index (κ3) is 5.56. The van der Waals surface area contributed by atoms with E-state index in [1.54, 1.807) is 6.33 Å². The Kier molecular flexibility index (Phi) is 8.15. The van der Waals surface area contributed by atoms with Crippen molar-refractivity contribution in [2.75, 3.05) is 0 Å². The number of carbonyl (C=O) groups is 3. The van der Waals surface area contributed by atoms with Gasteiger partial charge in [0.15, 0.2) is 0 Å². The summed E-state index contributed by atoms with van der Waals surface area (Å²) < 4.78 is 1.99. The first-order valence-corrected chi connectivity index (χ1v) is 13.3. The first-order valence-electron chi connectivity index (χ1n) is 13.3. The van der Waals surface area contributed by atoms with Crippen molar-refractivity contribution in [3.63, 3.8) is 0 Å². The van der Waals surface area contributed by atoms with Crippen LogP contribution in [0.1, 0.15) is 27.9 Å². The molecular formula is C34H29N3O4. The van der Waals surface area contributed by atoms with Crippen molar-refractivity contribution in [3.05, 3.63) is 162 Å². The van der Waals surface area contributed by atoms with Gasteiger partial charge >= 0.3 is 5.97 Å². The zero-order valence-corrected chi connectivity index (χ0v) is 22.3. The van der Waals surface area contributed by atoms with Gasteiger partial charge in [-0.25, -0.2) is 9.78 Å². The van der Waals surface area contributed by atoms with E-state index in [1.807, 2.05) is 95.7 Å². The fourth-order valence-corrected chi connectivity index (χ4v) is 5.35. The summed E-state index contributed by atoms with van der Waals surface area (Å²) in [5.74, 6) is -2.66. The normalized spacial score (nSPS) is 11.9. The van der Waals surface area contributed by atoms with Crippen LogP contribution in [0.4, 0.5) is 0 Å². The van der Waals surface area contributed by atoms with E-state index in [1.165, 1.54) is 4.90 Å². The van der Waals surface area contributed by atoms with Crippen LogP contribution in [0.25, 0.3) is 0 Å². The highest BCUT2D eigenvalue weighted by Crippen LogP contribution is 2.40. The maximum atomic E-state index is 12.9. The molecule has 5 aromatic rings. The second kappa shape index (κ2) is 12.3. The average Bonchev–Trinajstić information content (AvgIpc) is 3.50. The number of nitrogens with zero attached hydrogens (tertiary/aromatic N) is 3. The van der Waals surface area contributed by atoms with Gasteiger partial charge in [-0.1, -0.05) is 121 Å². The Bertz CT molecular complexity index is 1510. The van der Waals surface area contributed by atoms with Crippen LogP contribution in [-0.2, 0) is 32.9 Å². The number of benzene rings is 4. The summed E-state index contributed by atoms with van der Waals surface area (Å²) in [6.07, 6.45) is 4.00. The number of hydrogen-bond donors (Lipinski definition) is 1. The second-order valence-electron chi connectivity index (χ2n) is 9.73. The lowest BCUT2D eigenvalue weighted by atomic mass is 9.77. The maximum absolute atomic E-state index is 12.9. The molecule has 1 unspecified atom stereocenters. The molecule has 1 N–H and O–H groups in total. The Morgan fingerprint density at radius 3 is 1.68 bits per heavy atom. The first-order chi connectivity index (χ1) is 20.0. The molecule has 0 bridgehead atoms. The molecule has 0 saturated carbocycles. The van der Waals surface area contributed by atoms with Crippen molar-refractivity contribution in [1.29, 1.82) is 0 Å². The molecule has 0 aliphatic rings. The van der Waals surface area contributed by atoms with E-state index in [0.29, 0.717) is 12.1 Å². The summed E-state index contributed by atoms with van der Waals surface area (Å²) in [4.78, 5) is 42.7. The molecule has 7 heteroatoms.